The molecule has 0 atom stereocenters. The van der Waals surface area contributed by atoms with E-state index in [0.29, 0.717) is 12.8 Å². The molecule has 2 fully saturated rings. The Kier molecular flexibility index (Phi) is 4.63. The molecule has 0 aromatic heterocycles. The molecular weight excluding hydrogens is 328 g/mol. The summed E-state index contributed by atoms with van der Waals surface area (Å²) in [4.78, 5) is 27.9. The molecule has 26 heavy (non-hydrogen) atoms. The number of carboxylic acids is 1. The van der Waals surface area contributed by atoms with Crippen molar-refractivity contribution in [3.05, 3.63) is 23.8 Å². The van der Waals surface area contributed by atoms with Crippen LogP contribution in [0.5, 0.6) is 0 Å². The highest BCUT2D eigenvalue weighted by atomic mass is 16.4. The van der Waals surface area contributed by atoms with Crippen LogP contribution in [0.15, 0.2) is 18.2 Å². The number of benzene rings is 1. The van der Waals surface area contributed by atoms with Gasteiger partial charge >= 0.3 is 5.97 Å². The molecule has 5 heteroatoms. The molecule has 0 radical (unpaired) electrons. The highest BCUT2D eigenvalue weighted by Crippen LogP contribution is 2.57. The molecule has 1 spiro atoms. The van der Waals surface area contributed by atoms with Gasteiger partial charge in [0.2, 0.25) is 5.91 Å². The lowest BCUT2D eigenvalue weighted by Gasteiger charge is -2.22. The van der Waals surface area contributed by atoms with E-state index < -0.39 is 5.97 Å². The van der Waals surface area contributed by atoms with E-state index in [1.165, 1.54) is 36.9 Å². The van der Waals surface area contributed by atoms with E-state index in [-0.39, 0.29) is 17.7 Å². The first-order chi connectivity index (χ1) is 12.6. The number of anilines is 2. The van der Waals surface area contributed by atoms with Crippen LogP contribution in [0, 0.1) is 0 Å². The van der Waals surface area contributed by atoms with Gasteiger partial charge in [-0.3, -0.25) is 9.59 Å². The number of carbonyl (C=O) groups is 2. The Balaban J connectivity index is 1.44. The fourth-order valence-electron chi connectivity index (χ4n) is 4.50. The summed E-state index contributed by atoms with van der Waals surface area (Å²) in [5, 5.41) is 8.71. The summed E-state index contributed by atoms with van der Waals surface area (Å²) in [6.07, 6.45) is 7.82. The molecule has 3 aliphatic rings. The van der Waals surface area contributed by atoms with Gasteiger partial charge in [0.15, 0.2) is 0 Å². The van der Waals surface area contributed by atoms with Gasteiger partial charge < -0.3 is 14.9 Å². The standard InChI is InChI=1S/C21H28N2O3/c24-19(6-2-1-3-7-20(25)26)23-15-21(10-11-21)17-9-8-16(14-18(17)23)22-12-4-5-13-22/h8-9,14H,1-7,10-13,15H2,(H,25,26). The molecule has 1 saturated heterocycles. The fourth-order valence-corrected chi connectivity index (χ4v) is 4.50. The molecule has 1 aliphatic carbocycles. The van der Waals surface area contributed by atoms with Crippen molar-refractivity contribution < 1.29 is 14.7 Å². The monoisotopic (exact) mass is 356 g/mol. The summed E-state index contributed by atoms with van der Waals surface area (Å²) < 4.78 is 0. The van der Waals surface area contributed by atoms with Crippen LogP contribution in [-0.4, -0.2) is 36.6 Å². The van der Waals surface area contributed by atoms with Crippen LogP contribution in [-0.2, 0) is 15.0 Å². The van der Waals surface area contributed by atoms with Gasteiger partial charge in [-0.2, -0.15) is 0 Å². The third-order valence-corrected chi connectivity index (χ3v) is 6.21. The van der Waals surface area contributed by atoms with E-state index >= 15 is 0 Å². The van der Waals surface area contributed by atoms with E-state index in [1.807, 2.05) is 4.90 Å². The Morgan fingerprint density at radius 1 is 1.04 bits per heavy atom. The van der Waals surface area contributed by atoms with E-state index in [4.69, 9.17) is 5.11 Å². The van der Waals surface area contributed by atoms with Crippen molar-refractivity contribution in [2.75, 3.05) is 29.4 Å². The third kappa shape index (κ3) is 3.31. The van der Waals surface area contributed by atoms with Gasteiger partial charge in [0.05, 0.1) is 0 Å². The molecular formula is C21H28N2O3. The van der Waals surface area contributed by atoms with Crippen LogP contribution in [0.25, 0.3) is 0 Å². The number of fused-ring (bicyclic) bond motifs is 2. The minimum atomic E-state index is -0.755. The molecule has 1 saturated carbocycles. The first-order valence-corrected chi connectivity index (χ1v) is 10.0. The molecule has 1 N–H and O–H groups in total. The van der Waals surface area contributed by atoms with Gasteiger partial charge in [-0.15, -0.1) is 0 Å². The topological polar surface area (TPSA) is 60.9 Å². The molecule has 0 bridgehead atoms. The van der Waals surface area contributed by atoms with Gasteiger partial charge in [0.1, 0.15) is 0 Å². The van der Waals surface area contributed by atoms with E-state index in [1.54, 1.807) is 0 Å². The highest BCUT2D eigenvalue weighted by molar-refractivity contribution is 5.97. The number of carbonyl (C=O) groups excluding carboxylic acids is 1. The number of amides is 1. The Bertz CT molecular complexity index is 705. The van der Waals surface area contributed by atoms with Crippen molar-refractivity contribution >= 4 is 23.3 Å². The molecule has 1 aromatic carbocycles. The van der Waals surface area contributed by atoms with Crippen molar-refractivity contribution in [1.82, 2.24) is 0 Å². The van der Waals surface area contributed by atoms with Gasteiger partial charge in [-0.05, 0) is 56.2 Å². The van der Waals surface area contributed by atoms with Crippen LogP contribution >= 0.6 is 0 Å². The van der Waals surface area contributed by atoms with E-state index in [9.17, 15) is 9.59 Å². The zero-order chi connectivity index (χ0) is 18.1. The maximum atomic E-state index is 12.8. The summed E-state index contributed by atoms with van der Waals surface area (Å²) >= 11 is 0. The van der Waals surface area contributed by atoms with Gasteiger partial charge in [-0.1, -0.05) is 12.5 Å². The van der Waals surface area contributed by atoms with Crippen molar-refractivity contribution in [2.24, 2.45) is 0 Å². The molecule has 0 unspecified atom stereocenters. The van der Waals surface area contributed by atoms with Crippen LogP contribution in [0.4, 0.5) is 11.4 Å². The number of carboxylic acid groups (broad SMARTS) is 1. The minimum absolute atomic E-state index is 0.197. The normalized spacial score (nSPS) is 19.8. The zero-order valence-electron chi connectivity index (χ0n) is 15.4. The second-order valence-corrected chi connectivity index (χ2v) is 8.11. The van der Waals surface area contributed by atoms with Crippen molar-refractivity contribution in [2.45, 2.75) is 63.2 Å². The van der Waals surface area contributed by atoms with Crippen molar-refractivity contribution in [1.29, 1.82) is 0 Å². The number of nitrogens with zero attached hydrogens (tertiary/aromatic N) is 2. The number of hydrogen-bond donors (Lipinski definition) is 1. The first kappa shape index (κ1) is 17.4. The van der Waals surface area contributed by atoms with Crippen LogP contribution in [0.2, 0.25) is 0 Å². The maximum absolute atomic E-state index is 12.8. The van der Waals surface area contributed by atoms with Gasteiger partial charge in [-0.25, -0.2) is 0 Å². The number of rotatable bonds is 7. The molecule has 4 rings (SSSR count). The minimum Gasteiger partial charge on any atom is -0.481 e. The fraction of sp³-hybridized carbons (Fsp3) is 0.619. The first-order valence-electron chi connectivity index (χ1n) is 10.0. The van der Waals surface area contributed by atoms with Crippen LogP contribution in [0.3, 0.4) is 0 Å². The average Bonchev–Trinajstić information content (AvgIpc) is 3.05. The lowest BCUT2D eigenvalue weighted by atomic mass is 9.98. The van der Waals surface area contributed by atoms with Crippen molar-refractivity contribution in [3.63, 3.8) is 0 Å². The SMILES string of the molecule is O=C(O)CCCCCC(=O)N1CC2(CC2)c2ccc(N3CCCC3)cc21. The molecule has 2 heterocycles. The maximum Gasteiger partial charge on any atom is 0.303 e. The number of hydrogen-bond acceptors (Lipinski definition) is 3. The summed E-state index contributed by atoms with van der Waals surface area (Å²) in [5.74, 6) is -0.557. The quantitative estimate of drug-likeness (QED) is 0.757. The highest BCUT2D eigenvalue weighted by Gasteiger charge is 2.52. The number of unbranched alkanes of at least 4 members (excludes halogenated alkanes) is 2. The second kappa shape index (κ2) is 6.93. The van der Waals surface area contributed by atoms with E-state index in [0.717, 1.165) is 38.2 Å². The average molecular weight is 356 g/mol. The van der Waals surface area contributed by atoms with Crippen LogP contribution < -0.4 is 9.80 Å². The second-order valence-electron chi connectivity index (χ2n) is 8.11. The summed E-state index contributed by atoms with van der Waals surface area (Å²) in [5.41, 5.74) is 3.96. The Morgan fingerprint density at radius 2 is 1.77 bits per heavy atom. The summed E-state index contributed by atoms with van der Waals surface area (Å²) in [6.45, 7) is 3.06. The van der Waals surface area contributed by atoms with Gasteiger partial charge in [0, 0.05) is 49.3 Å². The third-order valence-electron chi connectivity index (χ3n) is 6.21. The smallest absolute Gasteiger partial charge is 0.303 e. The Labute approximate surface area is 155 Å². The molecule has 5 nitrogen and oxygen atoms in total. The van der Waals surface area contributed by atoms with Crippen molar-refractivity contribution in [3.8, 4) is 0 Å². The van der Waals surface area contributed by atoms with Crippen LogP contribution in [0.1, 0.15) is 63.4 Å². The van der Waals surface area contributed by atoms with Gasteiger partial charge in [0.25, 0.3) is 0 Å². The molecule has 1 aromatic rings. The molecule has 2 aliphatic heterocycles. The largest absolute Gasteiger partial charge is 0.481 e. The zero-order valence-corrected chi connectivity index (χ0v) is 15.4. The Hall–Kier alpha value is -2.04. The summed E-state index contributed by atoms with van der Waals surface area (Å²) in [7, 11) is 0. The summed E-state index contributed by atoms with van der Waals surface area (Å²) in [6, 6.07) is 6.73. The predicted octanol–water partition coefficient (Wildman–Crippen LogP) is 3.70. The lowest BCUT2D eigenvalue weighted by Crippen LogP contribution is -2.31. The molecule has 140 valence electrons. The lowest BCUT2D eigenvalue weighted by molar-refractivity contribution is -0.137. The Morgan fingerprint density at radius 3 is 2.46 bits per heavy atom. The number of aliphatic carboxylic acids is 1. The van der Waals surface area contributed by atoms with E-state index in [2.05, 4.69) is 23.1 Å². The predicted molar refractivity (Wildman–Crippen MR) is 102 cm³/mol. The molecule has 1 amide bonds.